The van der Waals surface area contributed by atoms with Crippen molar-refractivity contribution in [1.29, 1.82) is 0 Å². The third-order valence-electron chi connectivity index (χ3n) is 4.45. The van der Waals surface area contributed by atoms with Crippen molar-refractivity contribution >= 4 is 11.9 Å². The molecule has 0 aliphatic carbocycles. The summed E-state index contributed by atoms with van der Waals surface area (Å²) in [5.74, 6) is 0.440. The van der Waals surface area contributed by atoms with E-state index in [2.05, 4.69) is 20.4 Å². The number of aromatic nitrogens is 4. The summed E-state index contributed by atoms with van der Waals surface area (Å²) in [5.41, 5.74) is 4.06. The summed E-state index contributed by atoms with van der Waals surface area (Å²) in [5, 5.41) is 7.37. The highest BCUT2D eigenvalue weighted by Crippen LogP contribution is 2.31. The van der Waals surface area contributed by atoms with Gasteiger partial charge in [0.1, 0.15) is 0 Å². The molecule has 0 unspecified atom stereocenters. The molecule has 0 bridgehead atoms. The van der Waals surface area contributed by atoms with Crippen LogP contribution < -0.4 is 10.2 Å². The van der Waals surface area contributed by atoms with Crippen molar-refractivity contribution in [1.82, 2.24) is 25.1 Å². The van der Waals surface area contributed by atoms with E-state index in [-0.39, 0.29) is 18.1 Å². The van der Waals surface area contributed by atoms with Gasteiger partial charge >= 0.3 is 0 Å². The fraction of sp³-hybridized carbons (Fsp3) is 0.556. The molecule has 3 heterocycles. The van der Waals surface area contributed by atoms with Crippen LogP contribution in [0.4, 0.5) is 5.95 Å². The van der Waals surface area contributed by atoms with Gasteiger partial charge < -0.3 is 15.0 Å². The van der Waals surface area contributed by atoms with Gasteiger partial charge in [0.25, 0.3) is 5.91 Å². The van der Waals surface area contributed by atoms with Crippen LogP contribution >= 0.6 is 0 Å². The Morgan fingerprint density at radius 1 is 1.38 bits per heavy atom. The summed E-state index contributed by atoms with van der Waals surface area (Å²) >= 11 is 0. The molecular weight excluding hydrogens is 332 g/mol. The molecule has 26 heavy (non-hydrogen) atoms. The fourth-order valence-corrected chi connectivity index (χ4v) is 3.38. The second-order valence-corrected chi connectivity index (χ2v) is 7.01. The van der Waals surface area contributed by atoms with Crippen LogP contribution in [0.25, 0.3) is 0 Å². The lowest BCUT2D eigenvalue weighted by Gasteiger charge is -2.26. The molecule has 0 saturated carbocycles. The van der Waals surface area contributed by atoms with Crippen molar-refractivity contribution in [3.8, 4) is 0 Å². The number of amides is 1. The van der Waals surface area contributed by atoms with Crippen LogP contribution in [0.3, 0.4) is 0 Å². The van der Waals surface area contributed by atoms with Crippen LogP contribution in [0, 0.1) is 6.92 Å². The maximum atomic E-state index is 12.7. The molecule has 0 saturated heterocycles. The monoisotopic (exact) mass is 358 g/mol. The van der Waals surface area contributed by atoms with Crippen LogP contribution in [-0.2, 0) is 24.8 Å². The number of hydrogen-bond donors (Lipinski definition) is 1. The lowest BCUT2D eigenvalue weighted by Crippen LogP contribution is -2.28. The molecule has 1 amide bonds. The number of nitrogens with one attached hydrogen (secondary N) is 1. The predicted molar refractivity (Wildman–Crippen MR) is 98.1 cm³/mol. The summed E-state index contributed by atoms with van der Waals surface area (Å²) < 4.78 is 7.60. The second-order valence-electron chi connectivity index (χ2n) is 7.01. The molecule has 0 spiro atoms. The highest BCUT2D eigenvalue weighted by Gasteiger charge is 2.31. The molecule has 3 rings (SSSR count). The van der Waals surface area contributed by atoms with E-state index in [1.54, 1.807) is 4.68 Å². The Balaban J connectivity index is 1.79. The molecule has 1 aliphatic rings. The largest absolute Gasteiger partial charge is 0.369 e. The Hall–Kier alpha value is -2.48. The Bertz CT molecular complexity index is 829. The van der Waals surface area contributed by atoms with Gasteiger partial charge in [0, 0.05) is 38.8 Å². The number of ether oxygens (including phenoxy) is 1. The average molecular weight is 358 g/mol. The first-order valence-electron chi connectivity index (χ1n) is 8.77. The number of carbonyl (C=O) groups excluding carboxylic acids is 1. The highest BCUT2D eigenvalue weighted by atomic mass is 16.5. The van der Waals surface area contributed by atoms with Gasteiger partial charge in [-0.15, -0.1) is 0 Å². The molecule has 2 atom stereocenters. The summed E-state index contributed by atoms with van der Waals surface area (Å²) in [7, 11) is 5.63. The second kappa shape index (κ2) is 7.03. The van der Waals surface area contributed by atoms with Gasteiger partial charge in [-0.05, 0) is 26.8 Å². The Labute approximate surface area is 153 Å². The van der Waals surface area contributed by atoms with Gasteiger partial charge in [-0.25, -0.2) is 9.97 Å². The maximum absolute atomic E-state index is 12.7. The van der Waals surface area contributed by atoms with E-state index in [1.807, 2.05) is 52.9 Å². The summed E-state index contributed by atoms with van der Waals surface area (Å²) in [6, 6.07) is 1.87. The normalized spacial score (nSPS) is 19.2. The molecule has 2 aromatic rings. The van der Waals surface area contributed by atoms with Crippen molar-refractivity contribution in [2.24, 2.45) is 7.05 Å². The smallest absolute Gasteiger partial charge is 0.272 e. The maximum Gasteiger partial charge on any atom is 0.272 e. The fourth-order valence-electron chi connectivity index (χ4n) is 3.38. The van der Waals surface area contributed by atoms with Crippen LogP contribution in [0.1, 0.15) is 53.1 Å². The van der Waals surface area contributed by atoms with Crippen LogP contribution in [0.5, 0.6) is 0 Å². The van der Waals surface area contributed by atoms with Gasteiger partial charge in [-0.2, -0.15) is 5.10 Å². The number of hydrogen-bond acceptors (Lipinski definition) is 6. The lowest BCUT2D eigenvalue weighted by molar-refractivity contribution is -0.00903. The first-order chi connectivity index (χ1) is 12.3. The quantitative estimate of drug-likeness (QED) is 0.892. The van der Waals surface area contributed by atoms with Crippen molar-refractivity contribution in [3.05, 3.63) is 34.4 Å². The highest BCUT2D eigenvalue weighted by molar-refractivity contribution is 5.94. The molecule has 0 radical (unpaired) electrons. The third-order valence-corrected chi connectivity index (χ3v) is 4.45. The topological polar surface area (TPSA) is 85.2 Å². The summed E-state index contributed by atoms with van der Waals surface area (Å²) in [4.78, 5) is 23.4. The van der Waals surface area contributed by atoms with Gasteiger partial charge in [0.15, 0.2) is 5.69 Å². The minimum Gasteiger partial charge on any atom is -0.369 e. The number of anilines is 1. The Kier molecular flexibility index (Phi) is 4.95. The third kappa shape index (κ3) is 3.55. The number of aryl methyl sites for hydroxylation is 2. The summed E-state index contributed by atoms with van der Waals surface area (Å²) in [6.45, 7) is 6.25. The minimum absolute atomic E-state index is 0.0695. The number of fused-ring (bicyclic) bond motifs is 1. The van der Waals surface area contributed by atoms with Gasteiger partial charge in [0.2, 0.25) is 5.95 Å². The van der Waals surface area contributed by atoms with Crippen molar-refractivity contribution in [2.75, 3.05) is 19.0 Å². The molecule has 8 heteroatoms. The van der Waals surface area contributed by atoms with E-state index in [0.717, 1.165) is 22.6 Å². The van der Waals surface area contributed by atoms with Crippen molar-refractivity contribution < 1.29 is 9.53 Å². The van der Waals surface area contributed by atoms with Crippen LogP contribution in [0.15, 0.2) is 6.07 Å². The molecular formula is C18H26N6O2. The van der Waals surface area contributed by atoms with Crippen LogP contribution in [0.2, 0.25) is 0 Å². The van der Waals surface area contributed by atoms with Crippen molar-refractivity contribution in [3.63, 3.8) is 0 Å². The molecule has 1 aliphatic heterocycles. The molecule has 0 aromatic carbocycles. The van der Waals surface area contributed by atoms with E-state index in [4.69, 9.17) is 4.74 Å². The lowest BCUT2D eigenvalue weighted by atomic mass is 9.99. The number of rotatable bonds is 4. The van der Waals surface area contributed by atoms with Gasteiger partial charge in [0.05, 0.1) is 30.1 Å². The summed E-state index contributed by atoms with van der Waals surface area (Å²) in [6.07, 6.45) is 0.689. The standard InChI is InChI=1S/C18H26N6O2/c1-10-7-13(21-18(20-10)23(4)5)9-19-17(25)15-14-8-11(2)26-12(3)16(14)24(6)22-15/h7,11-12H,8-9H2,1-6H3,(H,19,25)/t11-,12+/m1/s1. The molecule has 1 N–H and O–H groups in total. The van der Waals surface area contributed by atoms with Gasteiger partial charge in [-0.3, -0.25) is 9.48 Å². The minimum atomic E-state index is -0.189. The SMILES string of the molecule is Cc1cc(CNC(=O)c2nn(C)c3c2C[C@@H](C)O[C@H]3C)nc(N(C)C)n1. The first kappa shape index (κ1) is 18.3. The van der Waals surface area contributed by atoms with E-state index >= 15 is 0 Å². The zero-order valence-corrected chi connectivity index (χ0v) is 16.2. The number of carbonyl (C=O) groups is 1. The predicted octanol–water partition coefficient (Wildman–Crippen LogP) is 1.54. The Morgan fingerprint density at radius 2 is 2.12 bits per heavy atom. The average Bonchev–Trinajstić information content (AvgIpc) is 2.89. The van der Waals surface area contributed by atoms with E-state index in [1.165, 1.54) is 0 Å². The molecule has 2 aromatic heterocycles. The molecule has 0 fully saturated rings. The molecule has 140 valence electrons. The molecule has 8 nitrogen and oxygen atoms in total. The van der Waals surface area contributed by atoms with Crippen molar-refractivity contribution in [2.45, 2.75) is 45.9 Å². The zero-order valence-electron chi connectivity index (χ0n) is 16.2. The van der Waals surface area contributed by atoms with E-state index in [9.17, 15) is 4.79 Å². The zero-order chi connectivity index (χ0) is 19.0. The van der Waals surface area contributed by atoms with Crippen LogP contribution in [-0.4, -0.2) is 45.9 Å². The first-order valence-corrected chi connectivity index (χ1v) is 8.77. The van der Waals surface area contributed by atoms with E-state index < -0.39 is 0 Å². The Morgan fingerprint density at radius 3 is 2.81 bits per heavy atom. The van der Waals surface area contributed by atoms with Gasteiger partial charge in [-0.1, -0.05) is 0 Å². The number of nitrogens with zero attached hydrogens (tertiary/aromatic N) is 5. The van der Waals surface area contributed by atoms with E-state index in [0.29, 0.717) is 24.6 Å².